The number of hydrogen-bond donors (Lipinski definition) is 2. The molecule has 0 aliphatic rings. The van der Waals surface area contributed by atoms with E-state index in [0.29, 0.717) is 0 Å². The Bertz CT molecular complexity index is 1480. The molecule has 182 valence electrons. The van der Waals surface area contributed by atoms with Crippen LogP contribution in [0.3, 0.4) is 0 Å². The molecule has 0 saturated carbocycles. The van der Waals surface area contributed by atoms with E-state index in [1.54, 1.807) is 18.2 Å². The van der Waals surface area contributed by atoms with Crippen molar-refractivity contribution < 1.29 is 27.5 Å². The minimum absolute atomic E-state index is 0.0346. The predicted octanol–water partition coefficient (Wildman–Crippen LogP) is 5.24. The number of aliphatic hydroxyl groups is 1. The monoisotopic (exact) mass is 607 g/mol. The van der Waals surface area contributed by atoms with Gasteiger partial charge in [0.05, 0.1) is 32.3 Å². The first-order valence-corrected chi connectivity index (χ1v) is 11.2. The van der Waals surface area contributed by atoms with E-state index in [9.17, 15) is 27.5 Å². The lowest BCUT2D eigenvalue weighted by molar-refractivity contribution is -0.142. The highest BCUT2D eigenvalue weighted by Crippen LogP contribution is 2.35. The Hall–Kier alpha value is -3.83. The summed E-state index contributed by atoms with van der Waals surface area (Å²) >= 11 is 1.35. The van der Waals surface area contributed by atoms with Gasteiger partial charge in [0.1, 0.15) is 17.6 Å². The molecule has 0 aliphatic heterocycles. The predicted molar refractivity (Wildman–Crippen MR) is 129 cm³/mol. The van der Waals surface area contributed by atoms with E-state index in [1.807, 2.05) is 6.07 Å². The zero-order chi connectivity index (χ0) is 26.0. The molecule has 0 radical (unpaired) electrons. The van der Waals surface area contributed by atoms with Crippen LogP contribution in [0.1, 0.15) is 39.1 Å². The molecule has 7 nitrogen and oxygen atoms in total. The van der Waals surface area contributed by atoms with Crippen molar-refractivity contribution in [2.75, 3.05) is 5.32 Å². The van der Waals surface area contributed by atoms with Crippen molar-refractivity contribution in [2.45, 2.75) is 12.3 Å². The third-order valence-electron chi connectivity index (χ3n) is 5.05. The van der Waals surface area contributed by atoms with Gasteiger partial charge >= 0.3 is 6.18 Å². The maximum Gasteiger partial charge on any atom is 0.436 e. The maximum absolute atomic E-state index is 14.6. The van der Waals surface area contributed by atoms with Crippen LogP contribution in [-0.2, 0) is 6.18 Å². The lowest BCUT2D eigenvalue weighted by atomic mass is 10.0. The van der Waals surface area contributed by atoms with Crippen molar-refractivity contribution in [1.29, 1.82) is 5.26 Å². The molecule has 1 unspecified atom stereocenters. The van der Waals surface area contributed by atoms with Gasteiger partial charge in [0.25, 0.3) is 5.91 Å². The molecule has 36 heavy (non-hydrogen) atoms. The number of benzene rings is 2. The van der Waals surface area contributed by atoms with Crippen LogP contribution in [0, 0.1) is 20.7 Å². The number of carbonyl (C=O) groups is 1. The molecule has 2 aromatic carbocycles. The Morgan fingerprint density at radius 1 is 1.14 bits per heavy atom. The van der Waals surface area contributed by atoms with Crippen LogP contribution in [0.5, 0.6) is 0 Å². The van der Waals surface area contributed by atoms with Crippen LogP contribution in [0.2, 0.25) is 0 Å². The lowest BCUT2D eigenvalue weighted by Gasteiger charge is -2.14. The number of nitriles is 1. The molecular formula is C24H14F4IN5O2. The summed E-state index contributed by atoms with van der Waals surface area (Å²) in [6.45, 7) is 0. The molecule has 4 aromatic rings. The first kappa shape index (κ1) is 25.3. The summed E-state index contributed by atoms with van der Waals surface area (Å²) < 4.78 is 55.6. The fourth-order valence-electron chi connectivity index (χ4n) is 3.37. The average Bonchev–Trinajstić information content (AvgIpc) is 3.23. The van der Waals surface area contributed by atoms with Gasteiger partial charge in [-0.25, -0.2) is 9.07 Å². The SMILES string of the molecule is N#Cc1cccc(-n2nc(C(F)(F)F)c(I)c2C(=O)Nc2cc(C(O)c3ccccn3)ccc2F)c1. The van der Waals surface area contributed by atoms with Gasteiger partial charge < -0.3 is 10.4 Å². The van der Waals surface area contributed by atoms with Crippen LogP contribution in [-0.4, -0.2) is 25.8 Å². The van der Waals surface area contributed by atoms with Crippen molar-refractivity contribution in [3.05, 3.63) is 104 Å². The first-order valence-electron chi connectivity index (χ1n) is 10.2. The number of amides is 1. The molecule has 2 N–H and O–H groups in total. The summed E-state index contributed by atoms with van der Waals surface area (Å²) in [7, 11) is 0. The smallest absolute Gasteiger partial charge is 0.382 e. The number of alkyl halides is 3. The summed E-state index contributed by atoms with van der Waals surface area (Å²) in [5.74, 6) is -1.95. The highest BCUT2D eigenvalue weighted by Gasteiger charge is 2.40. The number of nitrogens with one attached hydrogen (secondary N) is 1. The minimum Gasteiger partial charge on any atom is -0.382 e. The van der Waals surface area contributed by atoms with Crippen molar-refractivity contribution in [3.63, 3.8) is 0 Å². The van der Waals surface area contributed by atoms with Gasteiger partial charge in [-0.2, -0.15) is 23.5 Å². The normalized spacial score (nSPS) is 12.1. The van der Waals surface area contributed by atoms with E-state index in [2.05, 4.69) is 15.4 Å². The molecule has 0 fully saturated rings. The van der Waals surface area contributed by atoms with Crippen molar-refractivity contribution in [1.82, 2.24) is 14.8 Å². The maximum atomic E-state index is 14.6. The molecule has 0 spiro atoms. The second kappa shape index (κ2) is 10.0. The van der Waals surface area contributed by atoms with Gasteiger partial charge in [-0.3, -0.25) is 9.78 Å². The van der Waals surface area contributed by atoms with E-state index in [0.717, 1.165) is 10.7 Å². The van der Waals surface area contributed by atoms with Gasteiger partial charge in [-0.05, 0) is 70.6 Å². The zero-order valence-corrected chi connectivity index (χ0v) is 20.1. The van der Waals surface area contributed by atoms with E-state index in [-0.39, 0.29) is 28.2 Å². The summed E-state index contributed by atoms with van der Waals surface area (Å²) in [4.78, 5) is 17.2. The Morgan fingerprint density at radius 2 is 1.92 bits per heavy atom. The van der Waals surface area contributed by atoms with Gasteiger partial charge in [-0.1, -0.05) is 18.2 Å². The number of halogens is 5. The molecule has 2 aromatic heterocycles. The number of nitrogens with zero attached hydrogens (tertiary/aromatic N) is 4. The molecule has 0 bridgehead atoms. The minimum atomic E-state index is -4.87. The molecule has 4 rings (SSSR count). The molecule has 1 atom stereocenters. The second-order valence-corrected chi connectivity index (χ2v) is 8.51. The molecule has 1 amide bonds. The largest absolute Gasteiger partial charge is 0.436 e. The molecule has 0 saturated heterocycles. The number of aliphatic hydroxyl groups excluding tert-OH is 1. The Morgan fingerprint density at radius 3 is 2.58 bits per heavy atom. The Kier molecular flexibility index (Phi) is 7.04. The van der Waals surface area contributed by atoms with Gasteiger partial charge in [0, 0.05) is 6.20 Å². The third kappa shape index (κ3) is 5.07. The van der Waals surface area contributed by atoms with Crippen LogP contribution in [0.15, 0.2) is 66.9 Å². The quantitative estimate of drug-likeness (QED) is 0.239. The van der Waals surface area contributed by atoms with Gasteiger partial charge in [0.2, 0.25) is 0 Å². The van der Waals surface area contributed by atoms with Crippen LogP contribution in [0.4, 0.5) is 23.2 Å². The van der Waals surface area contributed by atoms with E-state index < -0.39 is 39.0 Å². The first-order chi connectivity index (χ1) is 17.1. The topological polar surface area (TPSA) is 104 Å². The van der Waals surface area contributed by atoms with Crippen molar-refractivity contribution in [3.8, 4) is 11.8 Å². The Balaban J connectivity index is 1.76. The Labute approximate surface area is 215 Å². The highest BCUT2D eigenvalue weighted by atomic mass is 127. The van der Waals surface area contributed by atoms with E-state index >= 15 is 0 Å². The number of pyridine rings is 1. The molecule has 12 heteroatoms. The average molecular weight is 607 g/mol. The van der Waals surface area contributed by atoms with Gasteiger partial charge in [-0.15, -0.1) is 0 Å². The second-order valence-electron chi connectivity index (χ2n) is 7.43. The summed E-state index contributed by atoms with van der Waals surface area (Å²) in [5, 5.41) is 25.6. The molecule has 0 aliphatic carbocycles. The van der Waals surface area contributed by atoms with Crippen LogP contribution < -0.4 is 5.32 Å². The van der Waals surface area contributed by atoms with Gasteiger partial charge in [0.15, 0.2) is 5.69 Å². The highest BCUT2D eigenvalue weighted by molar-refractivity contribution is 14.1. The summed E-state index contributed by atoms with van der Waals surface area (Å²) in [6, 6.07) is 15.7. The zero-order valence-electron chi connectivity index (χ0n) is 18.0. The standard InChI is InChI=1S/C24H14F4IN5O2/c25-16-8-7-14(21(35)17-6-1-2-9-31-17)11-18(16)32-23(36)20-19(29)22(24(26,27)28)33-34(20)15-5-3-4-13(10-15)12-30/h1-11,21,35H,(H,32,36). The van der Waals surface area contributed by atoms with Crippen LogP contribution >= 0.6 is 22.6 Å². The van der Waals surface area contributed by atoms with Crippen LogP contribution in [0.25, 0.3) is 5.69 Å². The molecular weight excluding hydrogens is 593 g/mol. The number of hydrogen-bond acceptors (Lipinski definition) is 5. The van der Waals surface area contributed by atoms with E-state index in [4.69, 9.17) is 5.26 Å². The summed E-state index contributed by atoms with van der Waals surface area (Å²) in [6.07, 6.45) is -4.65. The molecule has 2 heterocycles. The van der Waals surface area contributed by atoms with Crippen molar-refractivity contribution in [2.24, 2.45) is 0 Å². The van der Waals surface area contributed by atoms with Crippen molar-refractivity contribution >= 4 is 34.2 Å². The number of aromatic nitrogens is 3. The third-order valence-corrected chi connectivity index (χ3v) is 6.08. The number of rotatable bonds is 5. The fraction of sp³-hybridized carbons (Fsp3) is 0.0833. The summed E-state index contributed by atoms with van der Waals surface area (Å²) in [5.41, 5.74) is -1.53. The van der Waals surface area contributed by atoms with E-state index in [1.165, 1.54) is 65.2 Å². The fourth-order valence-corrected chi connectivity index (χ4v) is 4.26. The number of anilines is 1. The number of carbonyl (C=O) groups excluding carboxylic acids is 1. The lowest BCUT2D eigenvalue weighted by Crippen LogP contribution is -2.19.